The van der Waals surface area contributed by atoms with Gasteiger partial charge < -0.3 is 5.11 Å². The molecule has 5 heteroatoms. The molecule has 23 heavy (non-hydrogen) atoms. The number of nitrogens with zero attached hydrogens (tertiary/aromatic N) is 3. The van der Waals surface area contributed by atoms with E-state index in [4.69, 9.17) is 5.11 Å². The van der Waals surface area contributed by atoms with Crippen LogP contribution in [0.4, 0.5) is 0 Å². The molecular formula is C18H29N3O2. The van der Waals surface area contributed by atoms with Gasteiger partial charge in [0.1, 0.15) is 0 Å². The molecule has 0 aromatic carbocycles. The highest BCUT2D eigenvalue weighted by molar-refractivity contribution is 5.66. The van der Waals surface area contributed by atoms with Gasteiger partial charge in [0, 0.05) is 24.8 Å². The van der Waals surface area contributed by atoms with Crippen molar-refractivity contribution < 1.29 is 9.90 Å². The van der Waals surface area contributed by atoms with Gasteiger partial charge >= 0.3 is 5.97 Å². The van der Waals surface area contributed by atoms with Gasteiger partial charge in [-0.25, -0.2) is 4.68 Å². The van der Waals surface area contributed by atoms with E-state index in [0.29, 0.717) is 30.2 Å². The zero-order valence-corrected chi connectivity index (χ0v) is 14.6. The molecule has 1 aromatic heterocycles. The number of aliphatic carboxylic acids is 1. The molecule has 0 atom stereocenters. The summed E-state index contributed by atoms with van der Waals surface area (Å²) >= 11 is 0. The predicted molar refractivity (Wildman–Crippen MR) is 88.4 cm³/mol. The third-order valence-corrected chi connectivity index (χ3v) is 5.05. The first-order valence-corrected chi connectivity index (χ1v) is 8.98. The molecule has 0 saturated heterocycles. The van der Waals surface area contributed by atoms with Crippen LogP contribution in [0.2, 0.25) is 0 Å². The fourth-order valence-corrected chi connectivity index (χ4v) is 3.94. The summed E-state index contributed by atoms with van der Waals surface area (Å²) in [7, 11) is 0. The lowest BCUT2D eigenvalue weighted by atomic mass is 9.67. The molecule has 128 valence electrons. The second kappa shape index (κ2) is 6.25. The van der Waals surface area contributed by atoms with Crippen molar-refractivity contribution in [2.75, 3.05) is 0 Å². The van der Waals surface area contributed by atoms with Crippen LogP contribution in [-0.4, -0.2) is 26.1 Å². The predicted octanol–water partition coefficient (Wildman–Crippen LogP) is 3.95. The topological polar surface area (TPSA) is 68.0 Å². The van der Waals surface area contributed by atoms with Crippen LogP contribution in [0.25, 0.3) is 0 Å². The van der Waals surface area contributed by atoms with Crippen molar-refractivity contribution in [3.05, 3.63) is 11.4 Å². The van der Waals surface area contributed by atoms with Crippen molar-refractivity contribution in [2.45, 2.75) is 84.1 Å². The molecular weight excluding hydrogens is 290 g/mol. The molecule has 0 aliphatic heterocycles. The van der Waals surface area contributed by atoms with E-state index in [0.717, 1.165) is 5.92 Å². The second-order valence-electron chi connectivity index (χ2n) is 8.65. The van der Waals surface area contributed by atoms with Crippen LogP contribution in [-0.2, 0) is 11.3 Å². The number of carboxylic acid groups (broad SMARTS) is 1. The molecule has 2 fully saturated rings. The lowest BCUT2D eigenvalue weighted by Crippen LogP contribution is -2.27. The van der Waals surface area contributed by atoms with Gasteiger partial charge in [0.15, 0.2) is 0 Å². The summed E-state index contributed by atoms with van der Waals surface area (Å²) in [6.45, 7) is 7.63. The number of hydrogen-bond donors (Lipinski definition) is 1. The Morgan fingerprint density at radius 1 is 1.26 bits per heavy atom. The van der Waals surface area contributed by atoms with E-state index in [1.807, 2.05) is 4.68 Å². The van der Waals surface area contributed by atoms with Gasteiger partial charge in [0.2, 0.25) is 0 Å². The molecule has 0 amide bonds. The van der Waals surface area contributed by atoms with Crippen molar-refractivity contribution in [1.29, 1.82) is 0 Å². The maximum atomic E-state index is 10.7. The van der Waals surface area contributed by atoms with Gasteiger partial charge in [-0.05, 0) is 49.9 Å². The SMILES string of the molecule is CC(C)(C)CC1CC(c2nnn(CCCC(=O)O)c2C2CC2)C1. The summed E-state index contributed by atoms with van der Waals surface area (Å²) in [5.74, 6) is 1.28. The quantitative estimate of drug-likeness (QED) is 0.826. The Morgan fingerprint density at radius 2 is 1.96 bits per heavy atom. The molecule has 1 aromatic rings. The van der Waals surface area contributed by atoms with E-state index >= 15 is 0 Å². The van der Waals surface area contributed by atoms with Crippen LogP contribution in [0.3, 0.4) is 0 Å². The summed E-state index contributed by atoms with van der Waals surface area (Å²) < 4.78 is 1.99. The van der Waals surface area contributed by atoms with Gasteiger partial charge in [-0.1, -0.05) is 26.0 Å². The van der Waals surface area contributed by atoms with Crippen molar-refractivity contribution >= 4 is 5.97 Å². The summed E-state index contributed by atoms with van der Waals surface area (Å²) in [4.78, 5) is 10.7. The molecule has 3 rings (SSSR count). The molecule has 2 aliphatic rings. The monoisotopic (exact) mass is 319 g/mol. The smallest absolute Gasteiger partial charge is 0.303 e. The minimum atomic E-state index is -0.734. The van der Waals surface area contributed by atoms with Crippen molar-refractivity contribution in [3.8, 4) is 0 Å². The van der Waals surface area contributed by atoms with E-state index in [-0.39, 0.29) is 6.42 Å². The fraction of sp³-hybridized carbons (Fsp3) is 0.833. The van der Waals surface area contributed by atoms with Crippen LogP contribution >= 0.6 is 0 Å². The number of carbonyl (C=O) groups is 1. The van der Waals surface area contributed by atoms with Gasteiger partial charge in [-0.15, -0.1) is 5.10 Å². The summed E-state index contributed by atoms with van der Waals surface area (Å²) in [5, 5.41) is 17.6. The van der Waals surface area contributed by atoms with Crippen LogP contribution in [0.1, 0.15) is 88.9 Å². The van der Waals surface area contributed by atoms with Crippen molar-refractivity contribution in [1.82, 2.24) is 15.0 Å². The van der Waals surface area contributed by atoms with Gasteiger partial charge in [0.25, 0.3) is 0 Å². The highest BCUT2D eigenvalue weighted by Gasteiger charge is 2.39. The number of hydrogen-bond acceptors (Lipinski definition) is 3. The molecule has 0 spiro atoms. The minimum absolute atomic E-state index is 0.205. The second-order valence-corrected chi connectivity index (χ2v) is 8.65. The van der Waals surface area contributed by atoms with Crippen LogP contribution < -0.4 is 0 Å². The average Bonchev–Trinajstić information content (AvgIpc) is 3.14. The highest BCUT2D eigenvalue weighted by Crippen LogP contribution is 2.50. The number of carboxylic acids is 1. The van der Waals surface area contributed by atoms with Gasteiger partial charge in [-0.2, -0.15) is 0 Å². The van der Waals surface area contributed by atoms with E-state index in [2.05, 4.69) is 31.1 Å². The normalized spacial score (nSPS) is 24.5. The Hall–Kier alpha value is -1.39. The Morgan fingerprint density at radius 3 is 2.52 bits per heavy atom. The van der Waals surface area contributed by atoms with Gasteiger partial charge in [0.05, 0.1) is 11.4 Å². The van der Waals surface area contributed by atoms with Crippen molar-refractivity contribution in [2.24, 2.45) is 11.3 Å². The highest BCUT2D eigenvalue weighted by atomic mass is 16.4. The number of rotatable bonds is 7. The van der Waals surface area contributed by atoms with E-state index in [1.165, 1.54) is 43.5 Å². The first kappa shape index (κ1) is 16.5. The third-order valence-electron chi connectivity index (χ3n) is 5.05. The Bertz CT molecular complexity index is 563. The third kappa shape index (κ3) is 4.12. The lowest BCUT2D eigenvalue weighted by Gasteiger charge is -2.38. The van der Waals surface area contributed by atoms with Crippen LogP contribution in [0.5, 0.6) is 0 Å². The molecule has 0 radical (unpaired) electrons. The zero-order valence-electron chi connectivity index (χ0n) is 14.6. The number of aromatic nitrogens is 3. The molecule has 2 aliphatic carbocycles. The average molecular weight is 319 g/mol. The molecule has 1 heterocycles. The van der Waals surface area contributed by atoms with E-state index in [9.17, 15) is 4.79 Å². The summed E-state index contributed by atoms with van der Waals surface area (Å²) in [6, 6.07) is 0. The first-order chi connectivity index (χ1) is 10.8. The summed E-state index contributed by atoms with van der Waals surface area (Å²) in [5.41, 5.74) is 2.94. The van der Waals surface area contributed by atoms with Gasteiger partial charge in [-0.3, -0.25) is 4.79 Å². The minimum Gasteiger partial charge on any atom is -0.481 e. The summed E-state index contributed by atoms with van der Waals surface area (Å²) in [6.07, 6.45) is 7.07. The fourth-order valence-electron chi connectivity index (χ4n) is 3.94. The Labute approximate surface area is 138 Å². The first-order valence-electron chi connectivity index (χ1n) is 8.98. The Balaban J connectivity index is 1.62. The zero-order chi connectivity index (χ0) is 16.6. The largest absolute Gasteiger partial charge is 0.481 e. The molecule has 2 saturated carbocycles. The Kier molecular flexibility index (Phi) is 4.47. The standard InChI is InChI=1S/C18H29N3O2/c1-18(2,3)11-12-9-14(10-12)16-17(13-6-7-13)21(20-19-16)8-4-5-15(22)23/h12-14H,4-11H2,1-3H3,(H,22,23). The van der Waals surface area contributed by atoms with E-state index in [1.54, 1.807) is 0 Å². The van der Waals surface area contributed by atoms with Crippen molar-refractivity contribution in [3.63, 3.8) is 0 Å². The van der Waals surface area contributed by atoms with Crippen LogP contribution in [0.15, 0.2) is 0 Å². The van der Waals surface area contributed by atoms with E-state index < -0.39 is 5.97 Å². The number of aryl methyl sites for hydroxylation is 1. The molecule has 0 unspecified atom stereocenters. The maximum absolute atomic E-state index is 10.7. The molecule has 1 N–H and O–H groups in total. The van der Waals surface area contributed by atoms with Crippen LogP contribution in [0, 0.1) is 11.3 Å². The molecule has 0 bridgehead atoms. The lowest BCUT2D eigenvalue weighted by molar-refractivity contribution is -0.137. The molecule has 5 nitrogen and oxygen atoms in total. The maximum Gasteiger partial charge on any atom is 0.303 e.